The van der Waals surface area contributed by atoms with Gasteiger partial charge in [0.15, 0.2) is 0 Å². The molecule has 0 spiro atoms. The van der Waals surface area contributed by atoms with Gasteiger partial charge in [-0.25, -0.2) is 9.97 Å². The van der Waals surface area contributed by atoms with Crippen LogP contribution in [0.5, 0.6) is 0 Å². The lowest BCUT2D eigenvalue weighted by Crippen LogP contribution is -2.13. The number of anilines is 1. The summed E-state index contributed by atoms with van der Waals surface area (Å²) in [4.78, 5) is 19.9. The molecule has 0 bridgehead atoms. The van der Waals surface area contributed by atoms with Crippen LogP contribution in [0.2, 0.25) is 0 Å². The highest BCUT2D eigenvalue weighted by Crippen LogP contribution is 2.13. The zero-order valence-electron chi connectivity index (χ0n) is 8.52. The number of aromatic nitrogens is 2. The first kappa shape index (κ1) is 12.2. The van der Waals surface area contributed by atoms with E-state index in [1.54, 1.807) is 36.5 Å². The van der Waals surface area contributed by atoms with Gasteiger partial charge in [-0.15, -0.1) is 0 Å². The molecule has 0 atom stereocenters. The number of nitrogens with one attached hydrogen (secondary N) is 1. The molecule has 1 N–H and O–H groups in total. The smallest absolute Gasteiger partial charge is 0.256 e. The van der Waals surface area contributed by atoms with Gasteiger partial charge < -0.3 is 5.32 Å². The fourth-order valence-electron chi connectivity index (χ4n) is 1.21. The molecule has 0 aliphatic heterocycles. The van der Waals surface area contributed by atoms with E-state index in [2.05, 4.69) is 47.1 Å². The topological polar surface area (TPSA) is 54.9 Å². The third kappa shape index (κ3) is 3.34. The van der Waals surface area contributed by atoms with Crippen LogP contribution in [0.4, 0.5) is 5.82 Å². The van der Waals surface area contributed by atoms with Gasteiger partial charge in [0.05, 0.1) is 0 Å². The number of amides is 1. The Morgan fingerprint density at radius 1 is 1.18 bits per heavy atom. The van der Waals surface area contributed by atoms with Crippen LogP contribution in [-0.2, 0) is 0 Å². The van der Waals surface area contributed by atoms with Gasteiger partial charge in [0.1, 0.15) is 15.0 Å². The molecule has 0 unspecified atom stereocenters. The van der Waals surface area contributed by atoms with Crippen LogP contribution in [0, 0.1) is 0 Å². The summed E-state index contributed by atoms with van der Waals surface area (Å²) in [5.41, 5.74) is 0.522. The SMILES string of the molecule is O=C(Nc1cccc(Br)n1)c1ccnc(Br)c1. The highest BCUT2D eigenvalue weighted by molar-refractivity contribution is 9.10. The molecule has 1 amide bonds. The average Bonchev–Trinajstić information content (AvgIpc) is 2.29. The van der Waals surface area contributed by atoms with Crippen molar-refractivity contribution in [3.63, 3.8) is 0 Å². The Hall–Kier alpha value is -1.27. The first-order valence-electron chi connectivity index (χ1n) is 4.70. The van der Waals surface area contributed by atoms with Crippen molar-refractivity contribution in [3.05, 3.63) is 51.3 Å². The van der Waals surface area contributed by atoms with Crippen LogP contribution >= 0.6 is 31.9 Å². The van der Waals surface area contributed by atoms with Crippen molar-refractivity contribution in [2.24, 2.45) is 0 Å². The highest BCUT2D eigenvalue weighted by Gasteiger charge is 2.07. The van der Waals surface area contributed by atoms with Crippen molar-refractivity contribution in [3.8, 4) is 0 Å². The fraction of sp³-hybridized carbons (Fsp3) is 0. The van der Waals surface area contributed by atoms with Crippen LogP contribution < -0.4 is 5.32 Å². The highest BCUT2D eigenvalue weighted by atomic mass is 79.9. The number of carbonyl (C=O) groups is 1. The molecular weight excluding hydrogens is 350 g/mol. The molecule has 0 fully saturated rings. The predicted octanol–water partition coefficient (Wildman–Crippen LogP) is 3.25. The van der Waals surface area contributed by atoms with Gasteiger partial charge in [-0.1, -0.05) is 6.07 Å². The number of hydrogen-bond donors (Lipinski definition) is 1. The summed E-state index contributed by atoms with van der Waals surface area (Å²) in [7, 11) is 0. The van der Waals surface area contributed by atoms with E-state index in [-0.39, 0.29) is 5.91 Å². The molecular formula is C11H7Br2N3O. The molecule has 0 aliphatic carbocycles. The van der Waals surface area contributed by atoms with Gasteiger partial charge in [-0.2, -0.15) is 0 Å². The lowest BCUT2D eigenvalue weighted by molar-refractivity contribution is 0.102. The fourth-order valence-corrected chi connectivity index (χ4v) is 1.92. The van der Waals surface area contributed by atoms with Gasteiger partial charge in [-0.05, 0) is 56.1 Å². The summed E-state index contributed by atoms with van der Waals surface area (Å²) >= 11 is 6.45. The second-order valence-electron chi connectivity index (χ2n) is 3.17. The van der Waals surface area contributed by atoms with Crippen molar-refractivity contribution < 1.29 is 4.79 Å². The van der Waals surface area contributed by atoms with Gasteiger partial charge in [0.2, 0.25) is 0 Å². The number of carbonyl (C=O) groups excluding carboxylic acids is 1. The van der Waals surface area contributed by atoms with Crippen LogP contribution in [0.3, 0.4) is 0 Å². The second-order valence-corrected chi connectivity index (χ2v) is 4.79. The summed E-state index contributed by atoms with van der Waals surface area (Å²) in [5.74, 6) is 0.274. The standard InChI is InChI=1S/C11H7Br2N3O/c12-8-2-1-3-10(15-8)16-11(17)7-4-5-14-9(13)6-7/h1-6H,(H,15,16,17). The van der Waals surface area contributed by atoms with E-state index >= 15 is 0 Å². The van der Waals surface area contributed by atoms with Gasteiger partial charge >= 0.3 is 0 Å². The maximum atomic E-state index is 11.9. The molecule has 0 saturated heterocycles. The Kier molecular flexibility index (Phi) is 3.86. The zero-order valence-corrected chi connectivity index (χ0v) is 11.7. The molecule has 6 heteroatoms. The number of halogens is 2. The van der Waals surface area contributed by atoms with Crippen LogP contribution in [0.15, 0.2) is 45.7 Å². The molecule has 2 aromatic heterocycles. The Bertz CT molecular complexity index is 560. The number of rotatable bonds is 2. The number of nitrogens with zero attached hydrogens (tertiary/aromatic N) is 2. The van der Waals surface area contributed by atoms with Crippen molar-refractivity contribution in [2.75, 3.05) is 5.32 Å². The Labute approximate surface area is 115 Å². The first-order chi connectivity index (χ1) is 8.15. The van der Waals surface area contributed by atoms with Gasteiger partial charge in [0.25, 0.3) is 5.91 Å². The number of pyridine rings is 2. The monoisotopic (exact) mass is 355 g/mol. The van der Waals surface area contributed by atoms with Crippen molar-refractivity contribution in [1.82, 2.24) is 9.97 Å². The van der Waals surface area contributed by atoms with E-state index in [1.165, 1.54) is 0 Å². The van der Waals surface area contributed by atoms with Crippen molar-refractivity contribution >= 4 is 43.6 Å². The second kappa shape index (κ2) is 5.37. The van der Waals surface area contributed by atoms with Crippen LogP contribution in [0.25, 0.3) is 0 Å². The quantitative estimate of drug-likeness (QED) is 0.840. The normalized spacial score (nSPS) is 10.0. The molecule has 0 aromatic carbocycles. The largest absolute Gasteiger partial charge is 0.307 e. The molecule has 2 aromatic rings. The summed E-state index contributed by atoms with van der Waals surface area (Å²) in [5, 5.41) is 2.70. The predicted molar refractivity (Wildman–Crippen MR) is 71.8 cm³/mol. The molecule has 2 heterocycles. The molecule has 2 rings (SSSR count). The molecule has 0 aliphatic rings. The van der Waals surface area contributed by atoms with Crippen molar-refractivity contribution in [2.45, 2.75) is 0 Å². The van der Waals surface area contributed by atoms with Crippen LogP contribution in [-0.4, -0.2) is 15.9 Å². The maximum absolute atomic E-state index is 11.9. The Morgan fingerprint density at radius 2 is 2.00 bits per heavy atom. The minimum absolute atomic E-state index is 0.223. The molecule has 4 nitrogen and oxygen atoms in total. The summed E-state index contributed by atoms with van der Waals surface area (Å²) in [6.07, 6.45) is 1.56. The van der Waals surface area contributed by atoms with Gasteiger partial charge in [0, 0.05) is 11.8 Å². The van der Waals surface area contributed by atoms with E-state index in [1.807, 2.05) is 0 Å². The third-order valence-corrected chi connectivity index (χ3v) is 2.82. The van der Waals surface area contributed by atoms with Crippen LogP contribution in [0.1, 0.15) is 10.4 Å². The maximum Gasteiger partial charge on any atom is 0.256 e. The minimum Gasteiger partial charge on any atom is -0.307 e. The molecule has 0 radical (unpaired) electrons. The third-order valence-electron chi connectivity index (χ3n) is 1.95. The summed E-state index contributed by atoms with van der Waals surface area (Å²) in [6.45, 7) is 0. The average molecular weight is 357 g/mol. The van der Waals surface area contributed by atoms with Crippen molar-refractivity contribution in [1.29, 1.82) is 0 Å². The lowest BCUT2D eigenvalue weighted by atomic mass is 10.2. The molecule has 86 valence electrons. The zero-order chi connectivity index (χ0) is 12.3. The summed E-state index contributed by atoms with van der Waals surface area (Å²) in [6, 6.07) is 8.60. The Balaban J connectivity index is 2.17. The lowest BCUT2D eigenvalue weighted by Gasteiger charge is -2.04. The molecule has 0 saturated carbocycles. The van der Waals surface area contributed by atoms with E-state index in [0.29, 0.717) is 20.6 Å². The minimum atomic E-state index is -0.223. The summed E-state index contributed by atoms with van der Waals surface area (Å²) < 4.78 is 1.29. The van der Waals surface area contributed by atoms with Gasteiger partial charge in [-0.3, -0.25) is 4.79 Å². The van der Waals surface area contributed by atoms with E-state index in [4.69, 9.17) is 0 Å². The van der Waals surface area contributed by atoms with E-state index < -0.39 is 0 Å². The molecule has 17 heavy (non-hydrogen) atoms. The van der Waals surface area contributed by atoms with E-state index in [0.717, 1.165) is 0 Å². The first-order valence-corrected chi connectivity index (χ1v) is 6.29. The number of hydrogen-bond acceptors (Lipinski definition) is 3. The van der Waals surface area contributed by atoms with E-state index in [9.17, 15) is 4.79 Å². The Morgan fingerprint density at radius 3 is 2.71 bits per heavy atom.